The normalized spacial score (nSPS) is 14.7. The van der Waals surface area contributed by atoms with Crippen LogP contribution in [0.2, 0.25) is 0 Å². The molecule has 0 fully saturated rings. The van der Waals surface area contributed by atoms with Crippen LogP contribution in [0.15, 0.2) is 181 Å². The summed E-state index contributed by atoms with van der Waals surface area (Å²) in [5.41, 5.74) is 28.7. The number of rotatable bonds is 8. The molecule has 4 aromatic heterocycles. The fourth-order valence-corrected chi connectivity index (χ4v) is 13.6. The third-order valence-corrected chi connectivity index (χ3v) is 17.2. The lowest BCUT2D eigenvalue weighted by atomic mass is 9.94. The summed E-state index contributed by atoms with van der Waals surface area (Å²) in [5.74, 6) is 0.932. The number of fused-ring (bicyclic) bond motifs is 13. The van der Waals surface area contributed by atoms with E-state index in [2.05, 4.69) is 220 Å². The van der Waals surface area contributed by atoms with Crippen molar-refractivity contribution in [1.29, 1.82) is 0 Å². The van der Waals surface area contributed by atoms with Crippen LogP contribution in [0.4, 0.5) is 11.4 Å². The molecule has 0 unspecified atom stereocenters. The number of benzene rings is 7. The molecule has 4 heterocycles. The molecular formula is C71H55N5O. The summed E-state index contributed by atoms with van der Waals surface area (Å²) < 4.78 is 13.9. The largest absolute Gasteiger partial charge is 0.456 e. The number of aromatic nitrogens is 4. The van der Waals surface area contributed by atoms with E-state index in [0.717, 1.165) is 142 Å². The van der Waals surface area contributed by atoms with Crippen LogP contribution in [-0.4, -0.2) is 18.7 Å². The molecule has 0 amide bonds. The fourth-order valence-electron chi connectivity index (χ4n) is 13.6. The molecule has 0 saturated carbocycles. The van der Waals surface area contributed by atoms with Gasteiger partial charge in [0.15, 0.2) is 0 Å². The first-order valence-electron chi connectivity index (χ1n) is 27.6. The van der Waals surface area contributed by atoms with Crippen molar-refractivity contribution in [2.24, 2.45) is 0 Å². The van der Waals surface area contributed by atoms with Gasteiger partial charge in [0.2, 0.25) is 0 Å². The van der Waals surface area contributed by atoms with Crippen molar-refractivity contribution in [3.8, 4) is 39.6 Å². The van der Waals surface area contributed by atoms with Crippen LogP contribution in [0.1, 0.15) is 93.1 Å². The number of allylic oxidation sites excluding steroid dienone is 4. The van der Waals surface area contributed by atoms with Crippen LogP contribution >= 0.6 is 0 Å². The smallest absolute Gasteiger partial charge is 0.145 e. The molecule has 11 aromatic rings. The number of aryl methyl sites for hydroxylation is 3. The van der Waals surface area contributed by atoms with Crippen LogP contribution in [0, 0.1) is 6.92 Å². The number of nitrogens with zero attached hydrogens (tertiary/aromatic N) is 5. The van der Waals surface area contributed by atoms with Crippen molar-refractivity contribution in [3.63, 3.8) is 0 Å². The summed E-state index contributed by atoms with van der Waals surface area (Å²) >= 11 is 0. The Hall–Kier alpha value is -9.13. The molecule has 0 radical (unpaired) electrons. The lowest BCUT2D eigenvalue weighted by molar-refractivity contribution is 0.669. The zero-order valence-electron chi connectivity index (χ0n) is 43.2. The molecule has 5 aliphatic rings. The number of furan rings is 1. The van der Waals surface area contributed by atoms with E-state index in [9.17, 15) is 0 Å². The maximum Gasteiger partial charge on any atom is 0.145 e. The van der Waals surface area contributed by atoms with Gasteiger partial charge in [-0.2, -0.15) is 0 Å². The quantitative estimate of drug-likeness (QED) is 0.152. The van der Waals surface area contributed by atoms with Crippen LogP contribution in [-0.2, 0) is 32.1 Å². The van der Waals surface area contributed by atoms with Gasteiger partial charge >= 0.3 is 0 Å². The molecule has 0 saturated heterocycles. The second kappa shape index (κ2) is 17.2. The zero-order valence-corrected chi connectivity index (χ0v) is 43.2. The van der Waals surface area contributed by atoms with Gasteiger partial charge in [-0.1, -0.05) is 97.6 Å². The zero-order chi connectivity index (χ0) is 50.9. The third-order valence-electron chi connectivity index (χ3n) is 17.2. The van der Waals surface area contributed by atoms with E-state index in [1.165, 1.54) is 72.6 Å². The number of hydrogen-bond donors (Lipinski definition) is 0. The van der Waals surface area contributed by atoms with Gasteiger partial charge in [-0.3, -0.25) is 4.57 Å². The average molecular weight is 994 g/mol. The Morgan fingerprint density at radius 3 is 1.88 bits per heavy atom. The molecule has 0 bridgehead atoms. The molecule has 0 aliphatic heterocycles. The monoisotopic (exact) mass is 993 g/mol. The topological polar surface area (TPSA) is 44.1 Å². The minimum absolute atomic E-state index is 0.861. The van der Waals surface area contributed by atoms with Gasteiger partial charge in [-0.05, 0) is 218 Å². The van der Waals surface area contributed by atoms with Gasteiger partial charge in [0.05, 0.1) is 16.9 Å². The van der Waals surface area contributed by atoms with Gasteiger partial charge in [-0.15, -0.1) is 0 Å². The molecular weight excluding hydrogens is 939 g/mol. The Labute approximate surface area is 448 Å². The van der Waals surface area contributed by atoms with Gasteiger partial charge in [-0.25, -0.2) is 4.98 Å². The molecule has 77 heavy (non-hydrogen) atoms. The van der Waals surface area contributed by atoms with E-state index in [1.807, 2.05) is 0 Å². The van der Waals surface area contributed by atoms with Crippen molar-refractivity contribution in [2.45, 2.75) is 64.7 Å². The highest BCUT2D eigenvalue weighted by atomic mass is 16.3. The van der Waals surface area contributed by atoms with Gasteiger partial charge in [0.1, 0.15) is 17.0 Å². The molecule has 0 N–H and O–H groups in total. The van der Waals surface area contributed by atoms with Crippen molar-refractivity contribution in [1.82, 2.24) is 18.7 Å². The van der Waals surface area contributed by atoms with E-state index in [-0.39, 0.29) is 0 Å². The molecule has 6 nitrogen and oxygen atoms in total. The number of hydrogen-bond acceptors (Lipinski definition) is 3. The van der Waals surface area contributed by atoms with Crippen LogP contribution in [0.5, 0.6) is 0 Å². The molecule has 370 valence electrons. The van der Waals surface area contributed by atoms with Crippen molar-refractivity contribution in [2.75, 3.05) is 4.90 Å². The highest BCUT2D eigenvalue weighted by Gasteiger charge is 2.28. The Morgan fingerprint density at radius 2 is 1.13 bits per heavy atom. The first-order chi connectivity index (χ1) is 38.0. The van der Waals surface area contributed by atoms with Crippen LogP contribution < -0.4 is 4.90 Å². The maximum atomic E-state index is 6.61. The minimum Gasteiger partial charge on any atom is -0.456 e. The Kier molecular flexibility index (Phi) is 9.87. The van der Waals surface area contributed by atoms with Crippen LogP contribution in [0.25, 0.3) is 102 Å². The summed E-state index contributed by atoms with van der Waals surface area (Å²) in [5, 5.41) is 3.52. The predicted molar refractivity (Wildman–Crippen MR) is 319 cm³/mol. The van der Waals surface area contributed by atoms with Gasteiger partial charge < -0.3 is 18.5 Å². The number of para-hydroxylation sites is 2. The molecule has 5 aliphatic carbocycles. The fraction of sp³-hybridized carbons (Fsp3) is 0.141. The summed E-state index contributed by atoms with van der Waals surface area (Å²) in [7, 11) is 0. The predicted octanol–water partition coefficient (Wildman–Crippen LogP) is 17.7. The Morgan fingerprint density at radius 1 is 0.519 bits per heavy atom. The summed E-state index contributed by atoms with van der Waals surface area (Å²) in [4.78, 5) is 7.82. The first kappa shape index (κ1) is 44.2. The maximum absolute atomic E-state index is 6.61. The SMILES string of the molecule is C=C(c1cccc(-c2nc3c(n2-c2ccc4c(c2)-c2cc(-n5c6c(c7ccccc75)CCC=C6)ccc2C4)C=CCC3)c1)N(c1ccc2oc3ccc(-n4c5c(c6c4C=CCC6)CCC=C5)cc3c2c1)c1ccccc1C. The van der Waals surface area contributed by atoms with Crippen molar-refractivity contribution < 1.29 is 4.42 Å². The number of anilines is 2. The van der Waals surface area contributed by atoms with Crippen molar-refractivity contribution >= 4 is 74.2 Å². The molecule has 0 spiro atoms. The molecule has 16 rings (SSSR count). The van der Waals surface area contributed by atoms with E-state index >= 15 is 0 Å². The summed E-state index contributed by atoms with van der Waals surface area (Å²) in [6, 6.07) is 53.8. The van der Waals surface area contributed by atoms with Gasteiger partial charge in [0, 0.05) is 72.9 Å². The molecule has 0 atom stereocenters. The second-order valence-electron chi connectivity index (χ2n) is 21.6. The third kappa shape index (κ3) is 6.84. The van der Waals surface area contributed by atoms with Crippen LogP contribution in [0.3, 0.4) is 0 Å². The van der Waals surface area contributed by atoms with Crippen molar-refractivity contribution in [3.05, 3.63) is 244 Å². The second-order valence-corrected chi connectivity index (χ2v) is 21.6. The Balaban J connectivity index is 0.790. The van der Waals surface area contributed by atoms with E-state index < -0.39 is 0 Å². The highest BCUT2D eigenvalue weighted by molar-refractivity contribution is 6.08. The van der Waals surface area contributed by atoms with E-state index in [0.29, 0.717) is 0 Å². The van der Waals surface area contributed by atoms with E-state index in [1.54, 1.807) is 0 Å². The first-order valence-corrected chi connectivity index (χ1v) is 27.6. The minimum atomic E-state index is 0.861. The lowest BCUT2D eigenvalue weighted by Crippen LogP contribution is -2.16. The highest BCUT2D eigenvalue weighted by Crippen LogP contribution is 2.45. The standard InChI is InChI=1S/C71H55N5O/c1-44-16-3-9-24-63(44)73(50-34-36-69-60(42-50)61-43-52(35-37-70(61)77-69)75-66-27-12-6-21-56(66)57-22-7-13-28-67(57)75)45(2)46-17-15-18-49(38-46)71-72-62-23-8-14-29-68(62)76(71)53-33-31-48-39-47-30-32-51(40-58(47)59(48)41-53)74-64-25-10-4-19-54(64)55-20-5-11-26-65(55)74/h3-4,9-19,24-38,40-43H,2,5-8,20-23,39H2,1H3. The van der Waals surface area contributed by atoms with Gasteiger partial charge in [0.25, 0.3) is 0 Å². The average Bonchev–Trinajstić information content (AvgIpc) is 4.47. The summed E-state index contributed by atoms with van der Waals surface area (Å²) in [6.45, 7) is 7.11. The van der Waals surface area contributed by atoms with E-state index in [4.69, 9.17) is 16.0 Å². The molecule has 6 heteroatoms. The lowest BCUT2D eigenvalue weighted by Gasteiger charge is -2.29. The summed E-state index contributed by atoms with van der Waals surface area (Å²) in [6.07, 6.45) is 27.9. The number of imidazole rings is 1. The Bertz CT molecular complexity index is 4440. The molecule has 7 aromatic carbocycles.